The normalized spacial score (nSPS) is 18.0. The highest BCUT2D eigenvalue weighted by molar-refractivity contribution is 7.92. The molecular formula is C28H26O3S. The lowest BCUT2D eigenvalue weighted by Crippen LogP contribution is -2.04. The molecule has 0 amide bonds. The highest BCUT2D eigenvalue weighted by Gasteiger charge is 2.38. The maximum absolute atomic E-state index is 13.5. The van der Waals surface area contributed by atoms with E-state index in [-0.39, 0.29) is 4.90 Å². The standard InChI is InChI=1S/C28H26O3S/c1-16(2)19-12-10-18(4)26-22(14-19)17(3)11-13-21-23(26)15-24-20-8-6-7-9-25(20)32(29,30)28(24)27(21)31-5/h6-16H,1-5H3. The van der Waals surface area contributed by atoms with Crippen molar-refractivity contribution in [2.24, 2.45) is 5.92 Å². The van der Waals surface area contributed by atoms with E-state index in [0.29, 0.717) is 22.1 Å². The van der Waals surface area contributed by atoms with Gasteiger partial charge in [0, 0.05) is 16.7 Å². The molecule has 0 radical (unpaired) electrons. The predicted molar refractivity (Wildman–Crippen MR) is 130 cm³/mol. The molecule has 2 aromatic carbocycles. The van der Waals surface area contributed by atoms with E-state index in [4.69, 9.17) is 4.74 Å². The average molecular weight is 443 g/mol. The van der Waals surface area contributed by atoms with Gasteiger partial charge in [-0.3, -0.25) is 0 Å². The number of sulfone groups is 1. The molecule has 4 heteroatoms. The van der Waals surface area contributed by atoms with Crippen LogP contribution in [0.3, 0.4) is 0 Å². The Morgan fingerprint density at radius 1 is 0.875 bits per heavy atom. The average Bonchev–Trinajstić information content (AvgIpc) is 2.89. The molecule has 0 aromatic heterocycles. The van der Waals surface area contributed by atoms with Crippen LogP contribution in [0.2, 0.25) is 0 Å². The summed E-state index contributed by atoms with van der Waals surface area (Å²) >= 11 is 0. The summed E-state index contributed by atoms with van der Waals surface area (Å²) in [5, 5.41) is 0. The van der Waals surface area contributed by atoms with Crippen LogP contribution in [0.5, 0.6) is 5.75 Å². The first-order chi connectivity index (χ1) is 15.3. The summed E-state index contributed by atoms with van der Waals surface area (Å²) in [6, 6.07) is 9.25. The fourth-order valence-electron chi connectivity index (χ4n) is 4.86. The molecule has 0 bridgehead atoms. The molecule has 3 aliphatic rings. The van der Waals surface area contributed by atoms with E-state index < -0.39 is 9.84 Å². The number of hydrogen-bond acceptors (Lipinski definition) is 3. The van der Waals surface area contributed by atoms with Crippen molar-refractivity contribution in [2.75, 3.05) is 7.11 Å². The number of ether oxygens (including phenoxy) is 1. The van der Waals surface area contributed by atoms with Gasteiger partial charge in [-0.15, -0.1) is 0 Å². The smallest absolute Gasteiger partial charge is 0.211 e. The maximum atomic E-state index is 13.5. The van der Waals surface area contributed by atoms with Gasteiger partial charge in [0.25, 0.3) is 0 Å². The first-order valence-electron chi connectivity index (χ1n) is 10.9. The van der Waals surface area contributed by atoms with Crippen LogP contribution in [0, 0.1) is 5.92 Å². The summed E-state index contributed by atoms with van der Waals surface area (Å²) in [5.41, 5.74) is 9.10. The van der Waals surface area contributed by atoms with Crippen LogP contribution >= 0.6 is 0 Å². The number of rotatable bonds is 2. The van der Waals surface area contributed by atoms with Crippen molar-refractivity contribution in [1.82, 2.24) is 0 Å². The van der Waals surface area contributed by atoms with E-state index in [1.165, 1.54) is 11.1 Å². The molecule has 3 nitrogen and oxygen atoms in total. The Balaban J connectivity index is 1.90. The van der Waals surface area contributed by atoms with Gasteiger partial charge in [-0.05, 0) is 65.3 Å². The van der Waals surface area contributed by atoms with Gasteiger partial charge in [0.2, 0.25) is 9.84 Å². The molecule has 0 spiro atoms. The SMILES string of the molecule is COc1c2c(cc3c1S(=O)(=O)c1ccccc1-3)C1=C(C)C=CC(C(C)C)=CC1=C(C)C=C2. The Labute approximate surface area is 190 Å². The number of benzene rings is 2. The second-order valence-corrected chi connectivity index (χ2v) is 10.7. The zero-order valence-electron chi connectivity index (χ0n) is 19.0. The molecule has 2 aliphatic carbocycles. The number of methoxy groups -OCH3 is 1. The van der Waals surface area contributed by atoms with Crippen molar-refractivity contribution in [3.05, 3.63) is 88.1 Å². The molecule has 0 saturated heterocycles. The van der Waals surface area contributed by atoms with Gasteiger partial charge in [0.15, 0.2) is 0 Å². The van der Waals surface area contributed by atoms with E-state index >= 15 is 0 Å². The second kappa shape index (κ2) is 7.21. The predicted octanol–water partition coefficient (Wildman–Crippen LogP) is 6.78. The molecule has 32 heavy (non-hydrogen) atoms. The molecule has 0 atom stereocenters. The van der Waals surface area contributed by atoms with Crippen LogP contribution < -0.4 is 4.74 Å². The first-order valence-corrected chi connectivity index (χ1v) is 12.3. The lowest BCUT2D eigenvalue weighted by molar-refractivity contribution is 0.402. The van der Waals surface area contributed by atoms with Crippen LogP contribution in [0.4, 0.5) is 0 Å². The summed E-state index contributed by atoms with van der Waals surface area (Å²) < 4.78 is 32.7. The summed E-state index contributed by atoms with van der Waals surface area (Å²) in [6.45, 7) is 8.63. The van der Waals surface area contributed by atoms with E-state index in [9.17, 15) is 8.42 Å². The van der Waals surface area contributed by atoms with Crippen molar-refractivity contribution in [3.8, 4) is 16.9 Å². The van der Waals surface area contributed by atoms with Gasteiger partial charge in [-0.2, -0.15) is 0 Å². The number of allylic oxidation sites excluding steroid dienone is 9. The highest BCUT2D eigenvalue weighted by atomic mass is 32.2. The minimum atomic E-state index is -3.65. The van der Waals surface area contributed by atoms with Crippen LogP contribution in [0.1, 0.15) is 38.8 Å². The van der Waals surface area contributed by atoms with Gasteiger partial charge in [0.05, 0.1) is 12.0 Å². The van der Waals surface area contributed by atoms with Gasteiger partial charge >= 0.3 is 0 Å². The second-order valence-electron chi connectivity index (χ2n) is 8.87. The molecule has 162 valence electrons. The Bertz CT molecular complexity index is 1440. The summed E-state index contributed by atoms with van der Waals surface area (Å²) in [6.07, 6.45) is 10.7. The van der Waals surface area contributed by atoms with Crippen molar-refractivity contribution in [1.29, 1.82) is 0 Å². The van der Waals surface area contributed by atoms with Gasteiger partial charge in [0.1, 0.15) is 10.6 Å². The minimum Gasteiger partial charge on any atom is -0.495 e. The van der Waals surface area contributed by atoms with Crippen molar-refractivity contribution in [3.63, 3.8) is 0 Å². The van der Waals surface area contributed by atoms with Gasteiger partial charge < -0.3 is 4.74 Å². The van der Waals surface area contributed by atoms with Crippen molar-refractivity contribution in [2.45, 2.75) is 37.5 Å². The molecule has 0 N–H and O–H groups in total. The van der Waals surface area contributed by atoms with E-state index in [2.05, 4.69) is 52.0 Å². The Hall–Kier alpha value is -3.11. The van der Waals surface area contributed by atoms with Crippen LogP contribution in [-0.2, 0) is 9.84 Å². The van der Waals surface area contributed by atoms with Gasteiger partial charge in [-0.25, -0.2) is 8.42 Å². The summed E-state index contributed by atoms with van der Waals surface area (Å²) in [4.78, 5) is 0.615. The monoisotopic (exact) mass is 442 g/mol. The Morgan fingerprint density at radius 3 is 2.31 bits per heavy atom. The fourth-order valence-corrected chi connectivity index (χ4v) is 6.70. The third kappa shape index (κ3) is 2.82. The maximum Gasteiger partial charge on any atom is 0.211 e. The van der Waals surface area contributed by atoms with Gasteiger partial charge in [-0.1, -0.05) is 62.4 Å². The zero-order valence-corrected chi connectivity index (χ0v) is 19.8. The third-order valence-corrected chi connectivity index (χ3v) is 8.45. The third-order valence-electron chi connectivity index (χ3n) is 6.58. The molecule has 5 rings (SSSR count). The fraction of sp³-hybridized carbons (Fsp3) is 0.214. The molecule has 1 aliphatic heterocycles. The first kappa shape index (κ1) is 20.8. The summed E-state index contributed by atoms with van der Waals surface area (Å²) in [7, 11) is -2.10. The van der Waals surface area contributed by atoms with Crippen molar-refractivity contribution < 1.29 is 13.2 Å². The largest absolute Gasteiger partial charge is 0.495 e. The molecule has 0 saturated carbocycles. The lowest BCUT2D eigenvalue weighted by Gasteiger charge is -2.19. The number of fused-ring (bicyclic) bond motifs is 6. The number of hydrogen-bond donors (Lipinski definition) is 0. The van der Waals surface area contributed by atoms with E-state index in [0.717, 1.165) is 33.4 Å². The topological polar surface area (TPSA) is 43.4 Å². The van der Waals surface area contributed by atoms with E-state index in [1.54, 1.807) is 19.2 Å². The zero-order chi connectivity index (χ0) is 22.8. The van der Waals surface area contributed by atoms with Crippen LogP contribution in [0.15, 0.2) is 86.7 Å². The summed E-state index contributed by atoms with van der Waals surface area (Å²) in [5.74, 6) is 0.817. The Kier molecular flexibility index (Phi) is 4.68. The molecule has 1 heterocycles. The van der Waals surface area contributed by atoms with E-state index in [1.807, 2.05) is 24.3 Å². The highest BCUT2D eigenvalue weighted by Crippen LogP contribution is 2.52. The lowest BCUT2D eigenvalue weighted by atomic mass is 9.87. The molecule has 2 aromatic rings. The Morgan fingerprint density at radius 2 is 1.59 bits per heavy atom. The van der Waals surface area contributed by atoms with Crippen molar-refractivity contribution >= 4 is 21.5 Å². The van der Waals surface area contributed by atoms with Crippen LogP contribution in [0.25, 0.3) is 22.8 Å². The quantitative estimate of drug-likeness (QED) is 0.439. The molecule has 0 fully saturated rings. The molecule has 0 unspecified atom stereocenters. The van der Waals surface area contributed by atoms with Crippen LogP contribution in [-0.4, -0.2) is 15.5 Å². The molecular weight excluding hydrogens is 416 g/mol. The minimum absolute atomic E-state index is 0.270.